The van der Waals surface area contributed by atoms with E-state index in [-0.39, 0.29) is 29.4 Å². The first kappa shape index (κ1) is 23.3. The van der Waals surface area contributed by atoms with Crippen LogP contribution in [0.25, 0.3) is 0 Å². The molecule has 0 aliphatic heterocycles. The highest BCUT2D eigenvalue weighted by atomic mass is 35.5. The minimum atomic E-state index is -0.771. The zero-order chi connectivity index (χ0) is 22.1. The van der Waals surface area contributed by atoms with E-state index in [0.29, 0.717) is 22.2 Å². The molecule has 158 valence electrons. The van der Waals surface area contributed by atoms with Gasteiger partial charge in [-0.15, -0.1) is 0 Å². The number of para-hydroxylation sites is 1. The number of hydrogen-bond acceptors (Lipinski definition) is 6. The molecule has 0 unspecified atom stereocenters. The van der Waals surface area contributed by atoms with Gasteiger partial charge in [0.1, 0.15) is 11.3 Å². The van der Waals surface area contributed by atoms with Crippen LogP contribution in [0.3, 0.4) is 0 Å². The van der Waals surface area contributed by atoms with Crippen molar-refractivity contribution in [1.29, 1.82) is 0 Å². The summed E-state index contributed by atoms with van der Waals surface area (Å²) < 4.78 is 5.47. The third-order valence-corrected chi connectivity index (χ3v) is 4.32. The topological polar surface area (TPSA) is 123 Å². The predicted octanol–water partition coefficient (Wildman–Crippen LogP) is 3.40. The number of nitro groups is 1. The fourth-order valence-corrected chi connectivity index (χ4v) is 2.86. The third-order valence-electron chi connectivity index (χ3n) is 3.59. The quantitative estimate of drug-likeness (QED) is 0.245. The second-order valence-corrected chi connectivity index (χ2v) is 7.01. The van der Waals surface area contributed by atoms with Crippen molar-refractivity contribution < 1.29 is 19.2 Å². The van der Waals surface area contributed by atoms with Crippen LogP contribution in [0.2, 0.25) is 10.0 Å². The number of hydrogen-bond donors (Lipinski definition) is 3. The van der Waals surface area contributed by atoms with Gasteiger partial charge in [0.05, 0.1) is 16.6 Å². The number of benzene rings is 2. The largest absolute Gasteiger partial charge is 0.492 e. The summed E-state index contributed by atoms with van der Waals surface area (Å²) in [6, 6.07) is 10.2. The molecule has 3 N–H and O–H groups in total. The summed E-state index contributed by atoms with van der Waals surface area (Å²) >= 11 is 16.7. The summed E-state index contributed by atoms with van der Waals surface area (Å²) in [6.07, 6.45) is 0.487. The van der Waals surface area contributed by atoms with Crippen LogP contribution in [0, 0.1) is 10.1 Å². The van der Waals surface area contributed by atoms with E-state index in [0.717, 1.165) is 0 Å². The predicted molar refractivity (Wildman–Crippen MR) is 116 cm³/mol. The Balaban J connectivity index is 1.71. The summed E-state index contributed by atoms with van der Waals surface area (Å²) in [7, 11) is 0. The molecule has 0 aliphatic carbocycles. The normalized spacial score (nSPS) is 10.1. The van der Waals surface area contributed by atoms with E-state index in [1.807, 2.05) is 0 Å². The number of thiocarbonyl (C=S) groups is 1. The number of nitro benzene ring substituents is 1. The molecule has 0 radical (unpaired) electrons. The lowest BCUT2D eigenvalue weighted by Crippen LogP contribution is -2.48. The fourth-order valence-electron chi connectivity index (χ4n) is 2.23. The number of carbonyl (C=O) groups excluding carboxylic acids is 2. The van der Waals surface area contributed by atoms with E-state index < -0.39 is 16.7 Å². The lowest BCUT2D eigenvalue weighted by atomic mass is 10.2. The molecule has 0 heterocycles. The van der Waals surface area contributed by atoms with Gasteiger partial charge in [0.15, 0.2) is 5.11 Å². The molecule has 2 aromatic rings. The van der Waals surface area contributed by atoms with Crippen LogP contribution in [0.1, 0.15) is 23.2 Å². The first-order chi connectivity index (χ1) is 14.3. The van der Waals surface area contributed by atoms with Crippen LogP contribution < -0.4 is 20.9 Å². The minimum absolute atomic E-state index is 0.102. The van der Waals surface area contributed by atoms with Crippen molar-refractivity contribution in [3.8, 4) is 5.75 Å². The van der Waals surface area contributed by atoms with Crippen LogP contribution in [-0.2, 0) is 4.79 Å². The van der Waals surface area contributed by atoms with E-state index in [4.69, 9.17) is 40.2 Å². The lowest BCUT2D eigenvalue weighted by Gasteiger charge is -2.11. The van der Waals surface area contributed by atoms with Crippen LogP contribution in [-0.4, -0.2) is 28.5 Å². The summed E-state index contributed by atoms with van der Waals surface area (Å²) in [4.78, 5) is 34.2. The molecular formula is C18H16Cl2N4O5S. The van der Waals surface area contributed by atoms with Crippen LogP contribution in [0.15, 0.2) is 42.5 Å². The summed E-state index contributed by atoms with van der Waals surface area (Å²) in [5.41, 5.74) is 4.02. The van der Waals surface area contributed by atoms with Crippen molar-refractivity contribution in [2.24, 2.45) is 0 Å². The molecule has 0 fully saturated rings. The van der Waals surface area contributed by atoms with Crippen molar-refractivity contribution in [2.75, 3.05) is 6.61 Å². The smallest absolute Gasteiger partial charge is 0.282 e. The summed E-state index contributed by atoms with van der Waals surface area (Å²) in [5, 5.41) is 14.0. The number of hydrazine groups is 1. The van der Waals surface area contributed by atoms with Crippen molar-refractivity contribution in [3.63, 3.8) is 0 Å². The maximum absolute atomic E-state index is 12.1. The first-order valence-electron chi connectivity index (χ1n) is 8.49. The lowest BCUT2D eigenvalue weighted by molar-refractivity contribution is -0.385. The Labute approximate surface area is 186 Å². The molecule has 2 rings (SSSR count). The molecule has 0 aromatic heterocycles. The summed E-state index contributed by atoms with van der Waals surface area (Å²) in [5.74, 6) is -0.721. The van der Waals surface area contributed by atoms with Gasteiger partial charge in [-0.2, -0.15) is 0 Å². The number of halogens is 2. The highest BCUT2D eigenvalue weighted by molar-refractivity contribution is 7.80. The molecule has 0 aliphatic rings. The molecular weight excluding hydrogens is 455 g/mol. The Kier molecular flexibility index (Phi) is 8.78. The van der Waals surface area contributed by atoms with Crippen LogP contribution in [0.4, 0.5) is 5.69 Å². The first-order valence-corrected chi connectivity index (χ1v) is 9.66. The fraction of sp³-hybridized carbons (Fsp3) is 0.167. The van der Waals surface area contributed by atoms with Gasteiger partial charge in [0.2, 0.25) is 5.91 Å². The number of amides is 2. The average Bonchev–Trinajstić information content (AvgIpc) is 2.70. The molecule has 9 nitrogen and oxygen atoms in total. The van der Waals surface area contributed by atoms with Crippen molar-refractivity contribution in [2.45, 2.75) is 12.8 Å². The molecule has 2 aromatic carbocycles. The molecule has 0 saturated heterocycles. The van der Waals surface area contributed by atoms with Crippen molar-refractivity contribution in [1.82, 2.24) is 16.2 Å². The second-order valence-electron chi connectivity index (χ2n) is 5.76. The number of ether oxygens (including phenoxy) is 1. The Hall–Kier alpha value is -2.95. The SMILES string of the molecule is O=C(CCCOc1ccc(Cl)cc1Cl)NC(=S)NNC(=O)c1ccccc1[N+](=O)[O-]. The molecule has 0 atom stereocenters. The number of carbonyl (C=O) groups is 2. The van der Waals surface area contributed by atoms with E-state index in [9.17, 15) is 19.7 Å². The average molecular weight is 471 g/mol. The standard InChI is InChI=1S/C18H16Cl2N4O5S/c19-11-7-8-15(13(20)10-11)29-9-3-6-16(25)21-18(30)23-22-17(26)12-4-1-2-5-14(12)24(27)28/h1-2,4-5,7-8,10H,3,6,9H2,(H,22,26)(H2,21,23,25,30). The molecule has 0 spiro atoms. The van der Waals surface area contributed by atoms with Crippen LogP contribution in [0.5, 0.6) is 5.75 Å². The van der Waals surface area contributed by atoms with E-state index in [2.05, 4.69) is 16.2 Å². The highest BCUT2D eigenvalue weighted by Crippen LogP contribution is 2.27. The number of nitrogens with one attached hydrogen (secondary N) is 3. The van der Waals surface area contributed by atoms with Crippen LogP contribution >= 0.6 is 35.4 Å². The minimum Gasteiger partial charge on any atom is -0.492 e. The van der Waals surface area contributed by atoms with Crippen molar-refractivity contribution in [3.05, 3.63) is 68.2 Å². The monoisotopic (exact) mass is 470 g/mol. The Bertz CT molecular complexity index is 973. The van der Waals surface area contributed by atoms with Crippen molar-refractivity contribution >= 4 is 58.0 Å². The zero-order valence-electron chi connectivity index (χ0n) is 15.3. The van der Waals surface area contributed by atoms with Gasteiger partial charge in [-0.1, -0.05) is 35.3 Å². The number of rotatable bonds is 7. The van der Waals surface area contributed by atoms with Gasteiger partial charge in [0, 0.05) is 17.5 Å². The second kappa shape index (κ2) is 11.3. The highest BCUT2D eigenvalue weighted by Gasteiger charge is 2.19. The molecule has 0 saturated carbocycles. The zero-order valence-corrected chi connectivity index (χ0v) is 17.6. The molecule has 0 bridgehead atoms. The molecule has 30 heavy (non-hydrogen) atoms. The van der Waals surface area contributed by atoms with E-state index >= 15 is 0 Å². The van der Waals surface area contributed by atoms with E-state index in [1.165, 1.54) is 24.3 Å². The van der Waals surface area contributed by atoms with Gasteiger partial charge in [-0.05, 0) is 42.9 Å². The van der Waals surface area contributed by atoms with E-state index in [1.54, 1.807) is 18.2 Å². The Morgan fingerprint density at radius 2 is 1.87 bits per heavy atom. The van der Waals surface area contributed by atoms with Gasteiger partial charge in [0.25, 0.3) is 11.6 Å². The van der Waals surface area contributed by atoms with Gasteiger partial charge in [-0.3, -0.25) is 30.6 Å². The molecule has 12 heteroatoms. The Morgan fingerprint density at radius 3 is 2.57 bits per heavy atom. The summed E-state index contributed by atoms with van der Waals surface area (Å²) in [6.45, 7) is 0.239. The number of nitrogens with zero attached hydrogens (tertiary/aromatic N) is 1. The van der Waals surface area contributed by atoms with Gasteiger partial charge < -0.3 is 10.1 Å². The third kappa shape index (κ3) is 7.14. The van der Waals surface area contributed by atoms with Gasteiger partial charge in [-0.25, -0.2) is 0 Å². The maximum atomic E-state index is 12.1. The maximum Gasteiger partial charge on any atom is 0.282 e. The Morgan fingerprint density at radius 1 is 1.13 bits per heavy atom. The molecule has 2 amide bonds. The van der Waals surface area contributed by atoms with Gasteiger partial charge >= 0.3 is 0 Å².